The third-order valence-electron chi connectivity index (χ3n) is 8.40. The number of ether oxygens (including phenoxy) is 1. The molecule has 5 rings (SSSR count). The number of carboxylic acids is 1. The topological polar surface area (TPSA) is 142 Å². The molecule has 1 aromatic carbocycles. The van der Waals surface area contributed by atoms with Crippen molar-refractivity contribution >= 4 is 74.8 Å². The lowest BCUT2D eigenvalue weighted by molar-refractivity contribution is -0.143. The molecule has 10 nitrogen and oxygen atoms in total. The van der Waals surface area contributed by atoms with E-state index < -0.39 is 63.0 Å². The summed E-state index contributed by atoms with van der Waals surface area (Å²) in [4.78, 5) is 63.1. The van der Waals surface area contributed by atoms with E-state index in [1.807, 2.05) is 0 Å². The van der Waals surface area contributed by atoms with Gasteiger partial charge in [0.1, 0.15) is 0 Å². The minimum absolute atomic E-state index is 0.0617. The lowest BCUT2D eigenvalue weighted by Gasteiger charge is -2.49. The Morgan fingerprint density at radius 3 is 2.52 bits per heavy atom. The first-order valence-corrected chi connectivity index (χ1v) is 14.4. The molecule has 3 fully saturated rings. The molecule has 1 saturated carbocycles. The summed E-state index contributed by atoms with van der Waals surface area (Å²) in [6.07, 6.45) is 4.76. The van der Waals surface area contributed by atoms with Crippen LogP contribution in [0.5, 0.6) is 11.5 Å². The number of benzene rings is 1. The molecule has 6 atom stereocenters. The predicted molar refractivity (Wildman–Crippen MR) is 147 cm³/mol. The fourth-order valence-corrected chi connectivity index (χ4v) is 7.88. The number of carbonyl (C=O) groups excluding carboxylic acids is 4. The van der Waals surface area contributed by atoms with Crippen LogP contribution in [0.3, 0.4) is 0 Å². The number of alkyl halides is 3. The van der Waals surface area contributed by atoms with Gasteiger partial charge in [-0.1, -0.05) is 45.8 Å². The number of fused-ring (bicyclic) bond motifs is 4. The number of imide groups is 2. The van der Waals surface area contributed by atoms with Crippen molar-refractivity contribution in [2.24, 2.45) is 23.7 Å². The van der Waals surface area contributed by atoms with E-state index in [1.54, 1.807) is 30.4 Å². The fraction of sp³-hybridized carbons (Fsp3) is 0.444. The largest absolute Gasteiger partial charge is 0.504 e. The molecule has 6 unspecified atom stereocenters. The number of hydrogen-bond acceptors (Lipinski definition) is 7. The van der Waals surface area contributed by atoms with Crippen LogP contribution in [0.15, 0.2) is 35.9 Å². The van der Waals surface area contributed by atoms with Crippen LogP contribution in [-0.4, -0.2) is 78.5 Å². The number of phenolic OH excluding ortho intramolecular Hbond substituents is 1. The van der Waals surface area contributed by atoms with E-state index in [-0.39, 0.29) is 42.8 Å². The van der Waals surface area contributed by atoms with Crippen LogP contribution >= 0.6 is 39.1 Å². The Balaban J connectivity index is 1.60. The Morgan fingerprint density at radius 1 is 1.15 bits per heavy atom. The number of aliphatic carboxylic acids is 1. The highest BCUT2D eigenvalue weighted by Gasteiger charge is 2.75. The van der Waals surface area contributed by atoms with Gasteiger partial charge in [0, 0.05) is 12.5 Å². The van der Waals surface area contributed by atoms with E-state index in [9.17, 15) is 29.1 Å². The number of halogens is 3. The van der Waals surface area contributed by atoms with Crippen LogP contribution in [0, 0.1) is 23.7 Å². The van der Waals surface area contributed by atoms with Crippen molar-refractivity contribution in [2.75, 3.05) is 19.1 Å². The van der Waals surface area contributed by atoms with Crippen molar-refractivity contribution < 1.29 is 38.9 Å². The highest BCUT2D eigenvalue weighted by atomic mass is 79.9. The summed E-state index contributed by atoms with van der Waals surface area (Å²) in [5.74, 6) is -6.55. The molecule has 0 radical (unpaired) electrons. The van der Waals surface area contributed by atoms with Crippen molar-refractivity contribution in [3.8, 4) is 11.5 Å². The Labute approximate surface area is 247 Å². The highest BCUT2D eigenvalue weighted by Crippen LogP contribution is 2.63. The van der Waals surface area contributed by atoms with Crippen LogP contribution in [0.2, 0.25) is 0 Å². The number of likely N-dealkylation sites (tertiary alicyclic amines) is 2. The molecule has 4 aliphatic rings. The zero-order valence-corrected chi connectivity index (χ0v) is 24.3. The van der Waals surface area contributed by atoms with Gasteiger partial charge in [0.05, 0.1) is 30.8 Å². The Bertz CT molecular complexity index is 1400. The second-order valence-corrected chi connectivity index (χ2v) is 12.0. The maximum Gasteiger partial charge on any atom is 0.305 e. The zero-order chi connectivity index (χ0) is 29.1. The number of phenols is 1. The van der Waals surface area contributed by atoms with Crippen LogP contribution in [0.4, 0.5) is 0 Å². The normalized spacial score (nSPS) is 33.2. The van der Waals surface area contributed by atoms with Crippen molar-refractivity contribution in [2.45, 2.75) is 29.0 Å². The number of rotatable bonds is 7. The molecule has 0 bridgehead atoms. The number of hydrogen-bond donors (Lipinski definition) is 2. The maximum atomic E-state index is 13.7. The lowest BCUT2D eigenvalue weighted by atomic mass is 9.57. The van der Waals surface area contributed by atoms with Crippen molar-refractivity contribution in [3.63, 3.8) is 0 Å². The summed E-state index contributed by atoms with van der Waals surface area (Å²) in [7, 11) is 1.41. The lowest BCUT2D eigenvalue weighted by Crippen LogP contribution is -2.60. The summed E-state index contributed by atoms with van der Waals surface area (Å²) in [5, 5.41) is 19.1. The maximum absolute atomic E-state index is 13.7. The number of nitrogens with zero attached hydrogens (tertiary/aromatic N) is 2. The first-order valence-electron chi connectivity index (χ1n) is 12.5. The van der Waals surface area contributed by atoms with Crippen molar-refractivity contribution in [1.82, 2.24) is 9.80 Å². The Kier molecular flexibility index (Phi) is 7.29. The van der Waals surface area contributed by atoms with Gasteiger partial charge < -0.3 is 14.9 Å². The van der Waals surface area contributed by atoms with Crippen LogP contribution < -0.4 is 4.74 Å². The van der Waals surface area contributed by atoms with E-state index in [1.165, 1.54) is 13.2 Å². The molecular weight excluding hydrogens is 631 g/mol. The number of carbonyl (C=O) groups is 5. The van der Waals surface area contributed by atoms with E-state index in [0.717, 1.165) is 9.80 Å². The van der Waals surface area contributed by atoms with Gasteiger partial charge in [0.25, 0.3) is 11.8 Å². The third-order valence-corrected chi connectivity index (χ3v) is 10.3. The number of carboxylic acid groups (broad SMARTS) is 1. The second-order valence-electron chi connectivity index (χ2n) is 10.3. The van der Waals surface area contributed by atoms with E-state index in [4.69, 9.17) is 33.0 Å². The average Bonchev–Trinajstić information content (AvgIpc) is 3.25. The number of amides is 4. The van der Waals surface area contributed by atoms with Gasteiger partial charge in [-0.25, -0.2) is 0 Å². The van der Waals surface area contributed by atoms with Crippen LogP contribution in [0.25, 0.3) is 6.08 Å². The molecular formula is C27H25BrCl2N2O8. The standard InChI is InChI=1S/C27H25BrCl2N2O8/c1-40-19-10-13(3-7-18(19)33)2-6-17-14-4-5-15-21(23(37)31(22(15)36)9-8-20(34)35)16(14)11-26(29)24(38)32(12-28)25(39)27(17,26)30/h2-4,6-7,10,15-17,21,33H,5,8-9,11-12H2,1H3,(H,34,35). The first kappa shape index (κ1) is 28.6. The van der Waals surface area contributed by atoms with Gasteiger partial charge in [-0.3, -0.25) is 33.8 Å². The minimum atomic E-state index is -1.92. The molecule has 2 heterocycles. The molecule has 1 aromatic rings. The summed E-state index contributed by atoms with van der Waals surface area (Å²) in [6.45, 7) is -0.256. The summed E-state index contributed by atoms with van der Waals surface area (Å²) < 4.78 is 5.18. The van der Waals surface area contributed by atoms with E-state index in [0.29, 0.717) is 11.1 Å². The first-order chi connectivity index (χ1) is 18.9. The monoisotopic (exact) mass is 654 g/mol. The SMILES string of the molecule is COc1cc(C=CC2C3=CCC4C(=O)N(CCC(=O)O)C(=O)C4C3CC3(Cl)C(=O)N(CBr)C(=O)C23Cl)ccc1O. The molecule has 40 heavy (non-hydrogen) atoms. The smallest absolute Gasteiger partial charge is 0.305 e. The van der Waals surface area contributed by atoms with E-state index >= 15 is 0 Å². The van der Waals surface area contributed by atoms with Gasteiger partial charge in [0.2, 0.25) is 11.8 Å². The van der Waals surface area contributed by atoms with Gasteiger partial charge >= 0.3 is 5.97 Å². The Morgan fingerprint density at radius 2 is 1.88 bits per heavy atom. The molecule has 2 aliphatic heterocycles. The van der Waals surface area contributed by atoms with E-state index in [2.05, 4.69) is 15.9 Å². The Hall–Kier alpha value is -2.89. The predicted octanol–water partition coefficient (Wildman–Crippen LogP) is 3.13. The molecule has 13 heteroatoms. The highest BCUT2D eigenvalue weighted by molar-refractivity contribution is 9.09. The van der Waals surface area contributed by atoms with Crippen LogP contribution in [-0.2, 0) is 24.0 Å². The third kappa shape index (κ3) is 4.00. The van der Waals surface area contributed by atoms with Gasteiger partial charge in [0.15, 0.2) is 21.2 Å². The fourth-order valence-electron chi connectivity index (χ4n) is 6.50. The van der Waals surface area contributed by atoms with Gasteiger partial charge in [-0.05, 0) is 36.5 Å². The number of methoxy groups -OCH3 is 1. The quantitative estimate of drug-likeness (QED) is 0.198. The number of aromatic hydroxyl groups is 1. The minimum Gasteiger partial charge on any atom is -0.504 e. The number of allylic oxidation sites excluding steroid dienone is 3. The molecule has 212 valence electrons. The van der Waals surface area contributed by atoms with Crippen molar-refractivity contribution in [3.05, 3.63) is 41.5 Å². The average molecular weight is 656 g/mol. The molecule has 2 aliphatic carbocycles. The zero-order valence-electron chi connectivity index (χ0n) is 21.2. The van der Waals surface area contributed by atoms with Gasteiger partial charge in [-0.15, -0.1) is 23.2 Å². The molecule has 0 spiro atoms. The molecule has 4 amide bonds. The van der Waals surface area contributed by atoms with Gasteiger partial charge in [-0.2, -0.15) is 0 Å². The molecule has 2 N–H and O–H groups in total. The summed E-state index contributed by atoms with van der Waals surface area (Å²) >= 11 is 17.4. The summed E-state index contributed by atoms with van der Waals surface area (Å²) in [5.41, 5.74) is 1.09. The van der Waals surface area contributed by atoms with Crippen molar-refractivity contribution in [1.29, 1.82) is 0 Å². The molecule has 0 aromatic heterocycles. The summed E-state index contributed by atoms with van der Waals surface area (Å²) in [6, 6.07) is 4.65. The molecule has 2 saturated heterocycles. The van der Waals surface area contributed by atoms with Crippen LogP contribution in [0.1, 0.15) is 24.8 Å². The second kappa shape index (κ2) is 10.2.